The molecular weight excluding hydrogens is 274 g/mol. The van der Waals surface area contributed by atoms with Crippen LogP contribution in [0, 0.1) is 0 Å². The van der Waals surface area contributed by atoms with E-state index in [1.54, 1.807) is 6.92 Å². The number of rotatable bonds is 7. The summed E-state index contributed by atoms with van der Waals surface area (Å²) in [4.78, 5) is 21.6. The average Bonchev–Trinajstić information content (AvgIpc) is 2.63. The van der Waals surface area contributed by atoms with Crippen molar-refractivity contribution in [1.82, 2.24) is 5.32 Å². The van der Waals surface area contributed by atoms with Gasteiger partial charge in [0.25, 0.3) is 10.1 Å². The Balaban J connectivity index is 2.30. The SMILES string of the molecule is CC(=O)NCCCS(=O)(=O)OCC1(C)CCC(=O)O1. The van der Waals surface area contributed by atoms with E-state index < -0.39 is 15.7 Å². The van der Waals surface area contributed by atoms with Crippen LogP contribution in [0.5, 0.6) is 0 Å². The highest BCUT2D eigenvalue weighted by Gasteiger charge is 2.37. The Labute approximate surface area is 112 Å². The molecule has 0 saturated carbocycles. The second kappa shape index (κ2) is 6.33. The fourth-order valence-electron chi connectivity index (χ4n) is 1.63. The first-order valence-electron chi connectivity index (χ1n) is 6.06. The second-order valence-electron chi connectivity index (χ2n) is 4.78. The van der Waals surface area contributed by atoms with Gasteiger partial charge in [-0.2, -0.15) is 8.42 Å². The van der Waals surface area contributed by atoms with Crippen molar-refractivity contribution in [3.8, 4) is 0 Å². The number of cyclic esters (lactones) is 1. The molecule has 1 rings (SSSR count). The van der Waals surface area contributed by atoms with E-state index in [-0.39, 0.29) is 43.6 Å². The Morgan fingerprint density at radius 1 is 1.53 bits per heavy atom. The van der Waals surface area contributed by atoms with Crippen LogP contribution < -0.4 is 5.32 Å². The Bertz CT molecular complexity index is 446. The van der Waals surface area contributed by atoms with E-state index in [0.717, 1.165) is 0 Å². The lowest BCUT2D eigenvalue weighted by atomic mass is 10.1. The Morgan fingerprint density at radius 2 is 2.21 bits per heavy atom. The molecule has 0 spiro atoms. The lowest BCUT2D eigenvalue weighted by Crippen LogP contribution is -2.32. The molecule has 0 aliphatic carbocycles. The second-order valence-corrected chi connectivity index (χ2v) is 6.54. The van der Waals surface area contributed by atoms with Gasteiger partial charge < -0.3 is 10.1 Å². The summed E-state index contributed by atoms with van der Waals surface area (Å²) in [6.07, 6.45) is 1.01. The van der Waals surface area contributed by atoms with E-state index in [9.17, 15) is 18.0 Å². The quantitative estimate of drug-likeness (QED) is 0.401. The first-order chi connectivity index (χ1) is 8.72. The van der Waals surface area contributed by atoms with Crippen molar-refractivity contribution in [2.75, 3.05) is 18.9 Å². The molecule has 1 fully saturated rings. The predicted octanol–water partition coefficient (Wildman–Crippen LogP) is -0.0453. The van der Waals surface area contributed by atoms with E-state index in [1.165, 1.54) is 6.92 Å². The Kier molecular flexibility index (Phi) is 5.30. The molecule has 0 aromatic rings. The lowest BCUT2D eigenvalue weighted by Gasteiger charge is -2.21. The van der Waals surface area contributed by atoms with E-state index in [2.05, 4.69) is 5.32 Å². The van der Waals surface area contributed by atoms with Gasteiger partial charge in [-0.05, 0) is 19.8 Å². The van der Waals surface area contributed by atoms with Crippen molar-refractivity contribution in [3.63, 3.8) is 0 Å². The van der Waals surface area contributed by atoms with Gasteiger partial charge in [0.1, 0.15) is 12.2 Å². The summed E-state index contributed by atoms with van der Waals surface area (Å²) in [5.74, 6) is -0.727. The van der Waals surface area contributed by atoms with Gasteiger partial charge in [-0.15, -0.1) is 0 Å². The molecule has 110 valence electrons. The third kappa shape index (κ3) is 6.02. The topological polar surface area (TPSA) is 98.8 Å². The van der Waals surface area contributed by atoms with E-state index in [4.69, 9.17) is 8.92 Å². The summed E-state index contributed by atoms with van der Waals surface area (Å²) in [6, 6.07) is 0. The minimum absolute atomic E-state index is 0.165. The molecule has 0 radical (unpaired) electrons. The molecule has 1 unspecified atom stereocenters. The van der Waals surface area contributed by atoms with Crippen molar-refractivity contribution >= 4 is 22.0 Å². The van der Waals surface area contributed by atoms with Crippen molar-refractivity contribution in [3.05, 3.63) is 0 Å². The van der Waals surface area contributed by atoms with Gasteiger partial charge in [0, 0.05) is 19.9 Å². The number of carbonyl (C=O) groups excluding carboxylic acids is 2. The Morgan fingerprint density at radius 3 is 2.74 bits per heavy atom. The third-order valence-electron chi connectivity index (χ3n) is 2.71. The molecule has 0 aromatic carbocycles. The van der Waals surface area contributed by atoms with E-state index in [1.807, 2.05) is 0 Å². The van der Waals surface area contributed by atoms with Gasteiger partial charge in [0.15, 0.2) is 0 Å². The number of nitrogens with one attached hydrogen (secondary N) is 1. The normalized spacial score (nSPS) is 23.2. The van der Waals surface area contributed by atoms with Crippen molar-refractivity contribution < 1.29 is 26.9 Å². The molecule has 8 heteroatoms. The average molecular weight is 293 g/mol. The van der Waals surface area contributed by atoms with Crippen molar-refractivity contribution in [2.24, 2.45) is 0 Å². The zero-order chi connectivity index (χ0) is 14.5. The molecule has 1 saturated heterocycles. The number of esters is 1. The van der Waals surface area contributed by atoms with Gasteiger partial charge in [0.2, 0.25) is 5.91 Å². The first kappa shape index (κ1) is 15.9. The smallest absolute Gasteiger partial charge is 0.306 e. The number of hydrogen-bond acceptors (Lipinski definition) is 6. The fourth-order valence-corrected chi connectivity index (χ4v) is 2.68. The molecule has 1 N–H and O–H groups in total. The molecule has 7 nitrogen and oxygen atoms in total. The molecule has 1 atom stereocenters. The first-order valence-corrected chi connectivity index (χ1v) is 7.64. The monoisotopic (exact) mass is 293 g/mol. The summed E-state index contributed by atoms with van der Waals surface area (Å²) in [6.45, 7) is 3.12. The molecule has 0 aromatic heterocycles. The van der Waals surface area contributed by atoms with Crippen molar-refractivity contribution in [1.29, 1.82) is 0 Å². The zero-order valence-corrected chi connectivity index (χ0v) is 11.9. The summed E-state index contributed by atoms with van der Waals surface area (Å²) in [7, 11) is -3.67. The summed E-state index contributed by atoms with van der Waals surface area (Å²) >= 11 is 0. The van der Waals surface area contributed by atoms with Crippen LogP contribution in [-0.4, -0.2) is 44.8 Å². The molecule has 1 amide bonds. The highest BCUT2D eigenvalue weighted by molar-refractivity contribution is 7.86. The van der Waals surface area contributed by atoms with Gasteiger partial charge in [-0.25, -0.2) is 0 Å². The van der Waals surface area contributed by atoms with E-state index >= 15 is 0 Å². The maximum absolute atomic E-state index is 11.6. The maximum Gasteiger partial charge on any atom is 0.306 e. The van der Waals surface area contributed by atoms with Crippen molar-refractivity contribution in [2.45, 2.75) is 38.7 Å². The zero-order valence-electron chi connectivity index (χ0n) is 11.1. The van der Waals surface area contributed by atoms with Gasteiger partial charge in [-0.3, -0.25) is 13.8 Å². The highest BCUT2D eigenvalue weighted by Crippen LogP contribution is 2.26. The Hall–Kier alpha value is -1.15. The molecule has 1 aliphatic rings. The summed E-state index contributed by atoms with van der Waals surface area (Å²) in [5.41, 5.74) is -0.859. The molecule has 1 heterocycles. The molecule has 0 bridgehead atoms. The standard InChI is InChI=1S/C11H19NO6S/c1-9(13)12-6-3-7-19(15,16)17-8-11(2)5-4-10(14)18-11/h3-8H2,1-2H3,(H,12,13). The minimum atomic E-state index is -3.67. The van der Waals surface area contributed by atoms with Crippen LogP contribution >= 0.6 is 0 Å². The third-order valence-corrected chi connectivity index (χ3v) is 3.97. The van der Waals surface area contributed by atoms with Crippen LogP contribution in [0.3, 0.4) is 0 Å². The number of ether oxygens (including phenoxy) is 1. The van der Waals surface area contributed by atoms with E-state index in [0.29, 0.717) is 6.42 Å². The highest BCUT2D eigenvalue weighted by atomic mass is 32.2. The summed E-state index contributed by atoms with van der Waals surface area (Å²) in [5, 5.41) is 2.50. The van der Waals surface area contributed by atoms with Crippen LogP contribution in [0.4, 0.5) is 0 Å². The fraction of sp³-hybridized carbons (Fsp3) is 0.818. The number of carbonyl (C=O) groups is 2. The summed E-state index contributed by atoms with van der Waals surface area (Å²) < 4.78 is 33.0. The van der Waals surface area contributed by atoms with Crippen LogP contribution in [-0.2, 0) is 28.6 Å². The molecule has 1 aliphatic heterocycles. The lowest BCUT2D eigenvalue weighted by molar-refractivity contribution is -0.149. The predicted molar refractivity (Wildman–Crippen MR) is 66.8 cm³/mol. The van der Waals surface area contributed by atoms with Gasteiger partial charge >= 0.3 is 5.97 Å². The van der Waals surface area contributed by atoms with Crippen LogP contribution in [0.1, 0.15) is 33.1 Å². The largest absolute Gasteiger partial charge is 0.457 e. The van der Waals surface area contributed by atoms with Gasteiger partial charge in [-0.1, -0.05) is 0 Å². The number of amides is 1. The van der Waals surface area contributed by atoms with Gasteiger partial charge in [0.05, 0.1) is 5.75 Å². The van der Waals surface area contributed by atoms with Crippen LogP contribution in [0.2, 0.25) is 0 Å². The molecular formula is C11H19NO6S. The molecule has 19 heavy (non-hydrogen) atoms. The minimum Gasteiger partial charge on any atom is -0.457 e. The number of hydrogen-bond donors (Lipinski definition) is 1. The maximum atomic E-state index is 11.6. The van der Waals surface area contributed by atoms with Crippen LogP contribution in [0.15, 0.2) is 0 Å². The van der Waals surface area contributed by atoms with Crippen LogP contribution in [0.25, 0.3) is 0 Å².